The fourth-order valence-electron chi connectivity index (χ4n) is 3.24. The van der Waals surface area contributed by atoms with Gasteiger partial charge in [-0.1, -0.05) is 53.5 Å². The number of rotatable bonds is 4. The molecule has 1 N–H and O–H groups in total. The first-order valence-electron chi connectivity index (χ1n) is 8.93. The second-order valence-electron chi connectivity index (χ2n) is 6.62. The zero-order valence-corrected chi connectivity index (χ0v) is 17.0. The highest BCUT2D eigenvalue weighted by atomic mass is 35.5. The molecule has 0 saturated carbocycles. The van der Waals surface area contributed by atoms with Crippen LogP contribution in [0.25, 0.3) is 5.57 Å². The third-order valence-corrected chi connectivity index (χ3v) is 5.17. The predicted octanol–water partition coefficient (Wildman–Crippen LogP) is 5.70. The standard InChI is InChI=1S/C23H16Cl2N2O2/c1-14-13-17(25)9-12-19(14)26-21-20(15-5-3-2-4-6-15)22(28)27(23(21)29)18-10-7-16(24)8-11-18/h2-13,26H,1H3. The Morgan fingerprint density at radius 3 is 2.10 bits per heavy atom. The van der Waals surface area contributed by atoms with E-state index in [2.05, 4.69) is 5.32 Å². The molecule has 29 heavy (non-hydrogen) atoms. The van der Waals surface area contributed by atoms with Gasteiger partial charge in [0.15, 0.2) is 0 Å². The monoisotopic (exact) mass is 422 g/mol. The molecule has 144 valence electrons. The lowest BCUT2D eigenvalue weighted by Gasteiger charge is -2.16. The highest BCUT2D eigenvalue weighted by Gasteiger charge is 2.40. The molecule has 1 aliphatic heterocycles. The second kappa shape index (κ2) is 7.74. The van der Waals surface area contributed by atoms with E-state index in [-0.39, 0.29) is 5.70 Å². The lowest BCUT2D eigenvalue weighted by Crippen LogP contribution is -2.32. The Morgan fingerprint density at radius 1 is 0.793 bits per heavy atom. The van der Waals surface area contributed by atoms with E-state index in [9.17, 15) is 9.59 Å². The van der Waals surface area contributed by atoms with Crippen molar-refractivity contribution in [2.75, 3.05) is 10.2 Å². The summed E-state index contributed by atoms with van der Waals surface area (Å²) in [5.74, 6) is -0.817. The Morgan fingerprint density at radius 2 is 1.45 bits per heavy atom. The molecular weight excluding hydrogens is 407 g/mol. The number of anilines is 2. The van der Waals surface area contributed by atoms with E-state index < -0.39 is 11.8 Å². The topological polar surface area (TPSA) is 49.4 Å². The maximum absolute atomic E-state index is 13.3. The van der Waals surface area contributed by atoms with E-state index in [0.29, 0.717) is 32.6 Å². The third kappa shape index (κ3) is 3.65. The molecule has 3 aromatic carbocycles. The maximum Gasteiger partial charge on any atom is 0.282 e. The number of nitrogens with one attached hydrogen (secondary N) is 1. The minimum absolute atomic E-state index is 0.224. The van der Waals surface area contributed by atoms with Gasteiger partial charge in [0.1, 0.15) is 5.70 Å². The molecule has 4 nitrogen and oxygen atoms in total. The highest BCUT2D eigenvalue weighted by molar-refractivity contribution is 6.46. The smallest absolute Gasteiger partial charge is 0.282 e. The molecule has 0 fully saturated rings. The third-order valence-electron chi connectivity index (χ3n) is 4.68. The molecule has 0 bridgehead atoms. The van der Waals surface area contributed by atoms with Crippen LogP contribution in [0.2, 0.25) is 10.0 Å². The molecule has 4 rings (SSSR count). The fourth-order valence-corrected chi connectivity index (χ4v) is 3.60. The van der Waals surface area contributed by atoms with Gasteiger partial charge in [0.2, 0.25) is 0 Å². The minimum atomic E-state index is -0.425. The van der Waals surface area contributed by atoms with Crippen LogP contribution in [0, 0.1) is 6.92 Å². The first-order valence-corrected chi connectivity index (χ1v) is 9.68. The number of halogens is 2. The predicted molar refractivity (Wildman–Crippen MR) is 117 cm³/mol. The van der Waals surface area contributed by atoms with Gasteiger partial charge in [-0.2, -0.15) is 0 Å². The molecule has 0 atom stereocenters. The van der Waals surface area contributed by atoms with Crippen molar-refractivity contribution in [1.29, 1.82) is 0 Å². The first-order chi connectivity index (χ1) is 14.0. The molecular formula is C23H16Cl2N2O2. The molecule has 1 aliphatic rings. The van der Waals surface area contributed by atoms with Crippen molar-refractivity contribution >= 4 is 52.0 Å². The molecule has 2 amide bonds. The van der Waals surface area contributed by atoms with Gasteiger partial charge in [-0.15, -0.1) is 0 Å². The van der Waals surface area contributed by atoms with Gasteiger partial charge >= 0.3 is 0 Å². The fraction of sp³-hybridized carbons (Fsp3) is 0.0435. The number of amides is 2. The van der Waals surface area contributed by atoms with E-state index in [0.717, 1.165) is 10.5 Å². The Hall–Kier alpha value is -3.08. The van der Waals surface area contributed by atoms with Crippen molar-refractivity contribution in [2.24, 2.45) is 0 Å². The van der Waals surface area contributed by atoms with Crippen molar-refractivity contribution in [3.05, 3.63) is 99.7 Å². The van der Waals surface area contributed by atoms with Crippen LogP contribution in [0.3, 0.4) is 0 Å². The summed E-state index contributed by atoms with van der Waals surface area (Å²) in [5.41, 5.74) is 3.24. The molecule has 0 saturated heterocycles. The van der Waals surface area contributed by atoms with Gasteiger partial charge in [0.25, 0.3) is 11.8 Å². The lowest BCUT2D eigenvalue weighted by molar-refractivity contribution is -0.120. The quantitative estimate of drug-likeness (QED) is 0.548. The van der Waals surface area contributed by atoms with Crippen LogP contribution in [0.1, 0.15) is 11.1 Å². The van der Waals surface area contributed by atoms with Gasteiger partial charge in [-0.05, 0) is 60.5 Å². The van der Waals surface area contributed by atoms with Crippen LogP contribution in [0.15, 0.2) is 78.5 Å². The molecule has 0 aromatic heterocycles. The van der Waals surface area contributed by atoms with E-state index in [1.54, 1.807) is 42.5 Å². The zero-order chi connectivity index (χ0) is 20.5. The van der Waals surface area contributed by atoms with Crippen molar-refractivity contribution in [1.82, 2.24) is 0 Å². The molecule has 0 unspecified atom stereocenters. The lowest BCUT2D eigenvalue weighted by atomic mass is 10.0. The zero-order valence-electron chi connectivity index (χ0n) is 15.4. The Kier molecular flexibility index (Phi) is 5.14. The number of hydrogen-bond donors (Lipinski definition) is 1. The minimum Gasteiger partial charge on any atom is -0.350 e. The van der Waals surface area contributed by atoms with Crippen molar-refractivity contribution in [3.63, 3.8) is 0 Å². The van der Waals surface area contributed by atoms with E-state index in [1.807, 2.05) is 37.3 Å². The van der Waals surface area contributed by atoms with Crippen LogP contribution in [0.5, 0.6) is 0 Å². The van der Waals surface area contributed by atoms with E-state index in [1.165, 1.54) is 0 Å². The SMILES string of the molecule is Cc1cc(Cl)ccc1NC1=C(c2ccccc2)C(=O)N(c2ccc(Cl)cc2)C1=O. The van der Waals surface area contributed by atoms with Gasteiger partial charge in [0.05, 0.1) is 11.3 Å². The van der Waals surface area contributed by atoms with Crippen LogP contribution in [-0.2, 0) is 9.59 Å². The number of carbonyl (C=O) groups excluding carboxylic acids is 2. The first kappa shape index (κ1) is 19.2. The summed E-state index contributed by atoms with van der Waals surface area (Å²) in [4.78, 5) is 27.7. The Labute approximate surface area is 178 Å². The van der Waals surface area contributed by atoms with Crippen molar-refractivity contribution in [2.45, 2.75) is 6.92 Å². The molecule has 1 heterocycles. The van der Waals surface area contributed by atoms with Crippen molar-refractivity contribution < 1.29 is 9.59 Å². The molecule has 0 aliphatic carbocycles. The average Bonchev–Trinajstić information content (AvgIpc) is 2.95. The largest absolute Gasteiger partial charge is 0.350 e. The number of nitrogens with zero attached hydrogens (tertiary/aromatic N) is 1. The second-order valence-corrected chi connectivity index (χ2v) is 7.50. The van der Waals surface area contributed by atoms with Gasteiger partial charge < -0.3 is 5.32 Å². The number of aryl methyl sites for hydroxylation is 1. The van der Waals surface area contributed by atoms with E-state index >= 15 is 0 Å². The average molecular weight is 423 g/mol. The summed E-state index contributed by atoms with van der Waals surface area (Å²) in [5, 5.41) is 4.29. The summed E-state index contributed by atoms with van der Waals surface area (Å²) >= 11 is 12.0. The van der Waals surface area contributed by atoms with Crippen LogP contribution >= 0.6 is 23.2 Å². The van der Waals surface area contributed by atoms with Crippen LogP contribution in [0.4, 0.5) is 11.4 Å². The van der Waals surface area contributed by atoms with Crippen LogP contribution < -0.4 is 10.2 Å². The van der Waals surface area contributed by atoms with Gasteiger partial charge in [-0.3, -0.25) is 9.59 Å². The van der Waals surface area contributed by atoms with Crippen LogP contribution in [-0.4, -0.2) is 11.8 Å². The normalized spacial score (nSPS) is 14.0. The van der Waals surface area contributed by atoms with Gasteiger partial charge in [-0.25, -0.2) is 4.90 Å². The van der Waals surface area contributed by atoms with E-state index in [4.69, 9.17) is 23.2 Å². The molecule has 0 spiro atoms. The molecule has 3 aromatic rings. The summed E-state index contributed by atoms with van der Waals surface area (Å²) in [7, 11) is 0. The number of hydrogen-bond acceptors (Lipinski definition) is 3. The highest BCUT2D eigenvalue weighted by Crippen LogP contribution is 2.34. The maximum atomic E-state index is 13.3. The number of carbonyl (C=O) groups is 2. The number of benzene rings is 3. The summed E-state index contributed by atoms with van der Waals surface area (Å²) in [6.45, 7) is 1.88. The molecule has 0 radical (unpaired) electrons. The van der Waals surface area contributed by atoms with Crippen molar-refractivity contribution in [3.8, 4) is 0 Å². The summed E-state index contributed by atoms with van der Waals surface area (Å²) in [6.07, 6.45) is 0. The summed E-state index contributed by atoms with van der Waals surface area (Å²) < 4.78 is 0. The molecule has 6 heteroatoms. The van der Waals surface area contributed by atoms with Gasteiger partial charge in [0, 0.05) is 15.7 Å². The Bertz CT molecular complexity index is 1140. The summed E-state index contributed by atoms with van der Waals surface area (Å²) in [6, 6.07) is 21.0. The Balaban J connectivity index is 1.82. The number of imide groups is 1.